The standard InChI is InChI=1S/C17H23N3O/c1-20(2)13-6-5-11(8-12(13)18)17(21)19-16-14-9-3-4-10(7-9)15(14)16/h5-6,8-10,14-16H,3-4,7,18H2,1-2H3,(H,19,21). The van der Waals surface area contributed by atoms with Gasteiger partial charge in [-0.25, -0.2) is 0 Å². The molecule has 4 heteroatoms. The van der Waals surface area contributed by atoms with Crippen LogP contribution < -0.4 is 16.0 Å². The minimum Gasteiger partial charge on any atom is -0.397 e. The van der Waals surface area contributed by atoms with Gasteiger partial charge in [0.2, 0.25) is 0 Å². The summed E-state index contributed by atoms with van der Waals surface area (Å²) in [5.41, 5.74) is 8.32. The van der Waals surface area contributed by atoms with Gasteiger partial charge >= 0.3 is 0 Å². The number of carbonyl (C=O) groups is 1. The van der Waals surface area contributed by atoms with Gasteiger partial charge < -0.3 is 16.0 Å². The summed E-state index contributed by atoms with van der Waals surface area (Å²) in [6.07, 6.45) is 4.16. The van der Waals surface area contributed by atoms with Crippen LogP contribution in [0.15, 0.2) is 18.2 Å². The predicted octanol–water partition coefficient (Wildman–Crippen LogP) is 2.11. The minimum atomic E-state index is 0.0332. The number of nitrogens with zero attached hydrogens (tertiary/aromatic N) is 1. The Hall–Kier alpha value is -1.71. The van der Waals surface area contributed by atoms with E-state index in [1.165, 1.54) is 19.3 Å². The molecule has 0 radical (unpaired) electrons. The molecule has 3 aliphatic carbocycles. The van der Waals surface area contributed by atoms with E-state index >= 15 is 0 Å². The van der Waals surface area contributed by atoms with Crippen LogP contribution in [0.3, 0.4) is 0 Å². The molecule has 2 bridgehead atoms. The van der Waals surface area contributed by atoms with Crippen LogP contribution in [0.4, 0.5) is 11.4 Å². The van der Waals surface area contributed by atoms with E-state index in [1.807, 2.05) is 31.1 Å². The smallest absolute Gasteiger partial charge is 0.251 e. The summed E-state index contributed by atoms with van der Waals surface area (Å²) in [5, 5.41) is 3.24. The van der Waals surface area contributed by atoms with Crippen LogP contribution >= 0.6 is 0 Å². The molecule has 0 saturated heterocycles. The minimum absolute atomic E-state index is 0.0332. The van der Waals surface area contributed by atoms with Gasteiger partial charge in [-0.05, 0) is 61.1 Å². The van der Waals surface area contributed by atoms with Crippen molar-refractivity contribution in [2.24, 2.45) is 23.7 Å². The predicted molar refractivity (Wildman–Crippen MR) is 84.2 cm³/mol. The van der Waals surface area contributed by atoms with Crippen LogP contribution in [0.2, 0.25) is 0 Å². The van der Waals surface area contributed by atoms with E-state index in [0.717, 1.165) is 29.4 Å². The van der Waals surface area contributed by atoms with Gasteiger partial charge in [-0.1, -0.05) is 0 Å². The number of nitrogens with one attached hydrogen (secondary N) is 1. The van der Waals surface area contributed by atoms with Crippen LogP contribution in [-0.4, -0.2) is 26.0 Å². The maximum absolute atomic E-state index is 12.4. The van der Waals surface area contributed by atoms with Gasteiger partial charge in [0.1, 0.15) is 0 Å². The van der Waals surface area contributed by atoms with Crippen molar-refractivity contribution in [1.29, 1.82) is 0 Å². The Morgan fingerprint density at radius 3 is 2.48 bits per heavy atom. The van der Waals surface area contributed by atoms with Gasteiger partial charge in [-0.15, -0.1) is 0 Å². The monoisotopic (exact) mass is 285 g/mol. The first-order chi connectivity index (χ1) is 10.1. The van der Waals surface area contributed by atoms with Crippen molar-refractivity contribution in [2.75, 3.05) is 24.7 Å². The highest BCUT2D eigenvalue weighted by molar-refractivity contribution is 5.96. The first-order valence-electron chi connectivity index (χ1n) is 7.94. The molecule has 4 unspecified atom stereocenters. The summed E-state index contributed by atoms with van der Waals surface area (Å²) >= 11 is 0. The second kappa shape index (κ2) is 4.39. The van der Waals surface area contributed by atoms with Gasteiger partial charge in [0.25, 0.3) is 5.91 Å². The average Bonchev–Trinajstić information content (AvgIpc) is 2.83. The molecule has 3 aliphatic rings. The molecular formula is C17H23N3O. The second-order valence-electron chi connectivity index (χ2n) is 7.16. The Bertz CT molecular complexity index is 582. The summed E-state index contributed by atoms with van der Waals surface area (Å²) in [7, 11) is 3.90. The molecule has 112 valence electrons. The number of hydrogen-bond acceptors (Lipinski definition) is 3. The number of nitrogens with two attached hydrogens (primary N) is 1. The van der Waals surface area contributed by atoms with E-state index in [2.05, 4.69) is 5.32 Å². The van der Waals surface area contributed by atoms with Gasteiger partial charge in [-0.3, -0.25) is 4.79 Å². The third kappa shape index (κ3) is 1.92. The molecule has 3 N–H and O–H groups in total. The molecule has 0 heterocycles. The lowest BCUT2D eigenvalue weighted by atomic mass is 10.0. The van der Waals surface area contributed by atoms with Crippen molar-refractivity contribution in [3.05, 3.63) is 23.8 Å². The number of fused-ring (bicyclic) bond motifs is 5. The number of anilines is 2. The van der Waals surface area contributed by atoms with E-state index in [1.54, 1.807) is 6.07 Å². The Morgan fingerprint density at radius 2 is 1.90 bits per heavy atom. The molecule has 1 amide bonds. The molecule has 0 spiro atoms. The largest absolute Gasteiger partial charge is 0.397 e. The van der Waals surface area contributed by atoms with E-state index in [9.17, 15) is 4.79 Å². The van der Waals surface area contributed by atoms with Crippen LogP contribution in [0, 0.1) is 23.7 Å². The fourth-order valence-electron chi connectivity index (χ4n) is 4.86. The van der Waals surface area contributed by atoms with Gasteiger partial charge in [0.05, 0.1) is 11.4 Å². The number of nitrogen functional groups attached to an aromatic ring is 1. The fourth-order valence-corrected chi connectivity index (χ4v) is 4.86. The highest BCUT2D eigenvalue weighted by Gasteiger charge is 2.65. The first kappa shape index (κ1) is 13.0. The van der Waals surface area contributed by atoms with Crippen LogP contribution in [-0.2, 0) is 0 Å². The molecular weight excluding hydrogens is 262 g/mol. The zero-order valence-electron chi connectivity index (χ0n) is 12.7. The van der Waals surface area contributed by atoms with E-state index < -0.39 is 0 Å². The van der Waals surface area contributed by atoms with Crippen molar-refractivity contribution in [3.8, 4) is 0 Å². The third-order valence-corrected chi connectivity index (χ3v) is 5.80. The summed E-state index contributed by atoms with van der Waals surface area (Å²) in [4.78, 5) is 14.4. The molecule has 4 atom stereocenters. The van der Waals surface area contributed by atoms with Gasteiger partial charge in [-0.2, -0.15) is 0 Å². The molecule has 21 heavy (non-hydrogen) atoms. The van der Waals surface area contributed by atoms with Crippen molar-refractivity contribution in [3.63, 3.8) is 0 Å². The maximum Gasteiger partial charge on any atom is 0.251 e. The normalized spacial score (nSPS) is 35.4. The molecule has 1 aromatic carbocycles. The molecule has 3 fully saturated rings. The Labute approximate surface area is 125 Å². The number of rotatable bonds is 3. The quantitative estimate of drug-likeness (QED) is 0.836. The number of amides is 1. The highest BCUT2D eigenvalue weighted by Crippen LogP contribution is 2.65. The second-order valence-corrected chi connectivity index (χ2v) is 7.16. The molecule has 0 aromatic heterocycles. The maximum atomic E-state index is 12.4. The van der Waals surface area contributed by atoms with Crippen molar-refractivity contribution < 1.29 is 4.79 Å². The molecule has 4 rings (SSSR count). The molecule has 1 aromatic rings. The van der Waals surface area contributed by atoms with Crippen LogP contribution in [0.1, 0.15) is 29.6 Å². The number of carbonyl (C=O) groups excluding carboxylic acids is 1. The lowest BCUT2D eigenvalue weighted by molar-refractivity contribution is 0.0944. The molecule has 4 nitrogen and oxygen atoms in total. The Morgan fingerprint density at radius 1 is 1.24 bits per heavy atom. The van der Waals surface area contributed by atoms with E-state index in [-0.39, 0.29) is 5.91 Å². The summed E-state index contributed by atoms with van der Waals surface area (Å²) in [6.45, 7) is 0. The van der Waals surface area contributed by atoms with E-state index in [0.29, 0.717) is 17.3 Å². The third-order valence-electron chi connectivity index (χ3n) is 5.80. The van der Waals surface area contributed by atoms with Crippen molar-refractivity contribution in [1.82, 2.24) is 5.32 Å². The number of benzene rings is 1. The fraction of sp³-hybridized carbons (Fsp3) is 0.588. The Kier molecular flexibility index (Phi) is 2.72. The van der Waals surface area contributed by atoms with Gasteiger partial charge in [0, 0.05) is 25.7 Å². The summed E-state index contributed by atoms with van der Waals surface area (Å²) < 4.78 is 0. The van der Waals surface area contributed by atoms with Crippen molar-refractivity contribution in [2.45, 2.75) is 25.3 Å². The van der Waals surface area contributed by atoms with Crippen molar-refractivity contribution >= 4 is 17.3 Å². The van der Waals surface area contributed by atoms with Gasteiger partial charge in [0.15, 0.2) is 0 Å². The lowest BCUT2D eigenvalue weighted by Crippen LogP contribution is -2.30. The first-order valence-corrected chi connectivity index (χ1v) is 7.94. The Balaban J connectivity index is 1.45. The zero-order valence-corrected chi connectivity index (χ0v) is 12.7. The zero-order chi connectivity index (χ0) is 14.7. The highest BCUT2D eigenvalue weighted by atomic mass is 16.1. The SMILES string of the molecule is CN(C)c1ccc(C(=O)NC2C3C4CCC(C4)C23)cc1N. The molecule has 0 aliphatic heterocycles. The van der Waals surface area contributed by atoms with E-state index in [4.69, 9.17) is 5.73 Å². The number of hydrogen-bond donors (Lipinski definition) is 2. The average molecular weight is 285 g/mol. The topological polar surface area (TPSA) is 58.4 Å². The van der Waals surface area contributed by atoms with Crippen LogP contribution in [0.25, 0.3) is 0 Å². The summed E-state index contributed by atoms with van der Waals surface area (Å²) in [5.74, 6) is 3.33. The molecule has 3 saturated carbocycles. The lowest BCUT2D eigenvalue weighted by Gasteiger charge is -2.16. The van der Waals surface area contributed by atoms with Crippen LogP contribution in [0.5, 0.6) is 0 Å². The summed E-state index contributed by atoms with van der Waals surface area (Å²) in [6, 6.07) is 6.01.